The minimum Gasteiger partial charge on any atom is -0.316 e. The fraction of sp³-hybridized carbons (Fsp3) is 1.00. The average Bonchev–Trinajstić information content (AvgIpc) is 2.51. The summed E-state index contributed by atoms with van der Waals surface area (Å²) < 4.78 is 0. The topological polar surface area (TPSA) is 12.0 Å². The van der Waals surface area contributed by atoms with Crippen molar-refractivity contribution in [3.8, 4) is 0 Å². The Kier molecular flexibility index (Phi) is 2.84. The standard InChI is InChI=1S/C6H12BrN/c7-3-4-8-5-6-1-2-6/h6,8H,1-5H2. The van der Waals surface area contributed by atoms with E-state index in [1.54, 1.807) is 0 Å². The molecule has 0 spiro atoms. The predicted molar refractivity (Wildman–Crippen MR) is 39.4 cm³/mol. The molecule has 1 N–H and O–H groups in total. The van der Waals surface area contributed by atoms with Gasteiger partial charge in [-0.1, -0.05) is 15.9 Å². The molecule has 1 rings (SSSR count). The Morgan fingerprint density at radius 2 is 2.25 bits per heavy atom. The molecule has 0 unspecified atom stereocenters. The summed E-state index contributed by atoms with van der Waals surface area (Å²) in [6.07, 6.45) is 2.91. The number of rotatable bonds is 4. The van der Waals surface area contributed by atoms with Crippen LogP contribution in [0.2, 0.25) is 0 Å². The summed E-state index contributed by atoms with van der Waals surface area (Å²) in [7, 11) is 0. The lowest BCUT2D eigenvalue weighted by atomic mass is 10.4. The van der Waals surface area contributed by atoms with Gasteiger partial charge in [0.25, 0.3) is 0 Å². The molecule has 0 aromatic rings. The van der Waals surface area contributed by atoms with Gasteiger partial charge in [0.05, 0.1) is 0 Å². The number of hydrogen-bond donors (Lipinski definition) is 1. The van der Waals surface area contributed by atoms with Gasteiger partial charge in [-0.3, -0.25) is 0 Å². The van der Waals surface area contributed by atoms with Gasteiger partial charge in [0.1, 0.15) is 0 Å². The van der Waals surface area contributed by atoms with E-state index in [4.69, 9.17) is 0 Å². The van der Waals surface area contributed by atoms with Gasteiger partial charge in [0, 0.05) is 11.9 Å². The fourth-order valence-electron chi connectivity index (χ4n) is 0.695. The maximum Gasteiger partial charge on any atom is 0.0157 e. The second-order valence-corrected chi connectivity index (χ2v) is 3.13. The van der Waals surface area contributed by atoms with Gasteiger partial charge in [-0.05, 0) is 25.3 Å². The van der Waals surface area contributed by atoms with Crippen LogP contribution >= 0.6 is 15.9 Å². The summed E-state index contributed by atoms with van der Waals surface area (Å²) in [5.41, 5.74) is 0. The Bertz CT molecular complexity index is 61.5. The minimum atomic E-state index is 1.02. The van der Waals surface area contributed by atoms with Gasteiger partial charge in [-0.2, -0.15) is 0 Å². The molecule has 0 bridgehead atoms. The van der Waals surface area contributed by atoms with Crippen molar-refractivity contribution in [2.45, 2.75) is 12.8 Å². The largest absolute Gasteiger partial charge is 0.316 e. The van der Waals surface area contributed by atoms with Gasteiger partial charge < -0.3 is 5.32 Å². The Morgan fingerprint density at radius 3 is 2.75 bits per heavy atom. The quantitative estimate of drug-likeness (QED) is 0.506. The lowest BCUT2D eigenvalue weighted by molar-refractivity contribution is 0.667. The first-order chi connectivity index (χ1) is 3.93. The third kappa shape index (κ3) is 2.68. The summed E-state index contributed by atoms with van der Waals surface area (Å²) >= 11 is 3.36. The van der Waals surface area contributed by atoms with E-state index in [2.05, 4.69) is 21.2 Å². The van der Waals surface area contributed by atoms with Crippen LogP contribution in [0.1, 0.15) is 12.8 Å². The maximum absolute atomic E-state index is 3.36. The molecule has 8 heavy (non-hydrogen) atoms. The van der Waals surface area contributed by atoms with Crippen molar-refractivity contribution in [3.05, 3.63) is 0 Å². The van der Waals surface area contributed by atoms with E-state index in [1.807, 2.05) is 0 Å². The number of nitrogens with one attached hydrogen (secondary N) is 1. The van der Waals surface area contributed by atoms with Gasteiger partial charge in [-0.25, -0.2) is 0 Å². The first-order valence-corrected chi connectivity index (χ1v) is 4.32. The van der Waals surface area contributed by atoms with Crippen molar-refractivity contribution in [3.63, 3.8) is 0 Å². The Balaban J connectivity index is 1.74. The highest BCUT2D eigenvalue weighted by molar-refractivity contribution is 9.09. The lowest BCUT2D eigenvalue weighted by Crippen LogP contribution is -2.18. The van der Waals surface area contributed by atoms with Crippen LogP contribution in [-0.4, -0.2) is 18.4 Å². The highest BCUT2D eigenvalue weighted by Crippen LogP contribution is 2.27. The molecule has 1 aliphatic carbocycles. The lowest BCUT2D eigenvalue weighted by Gasteiger charge is -1.96. The highest BCUT2D eigenvalue weighted by atomic mass is 79.9. The summed E-state index contributed by atoms with van der Waals surface area (Å²) in [5.74, 6) is 1.02. The zero-order chi connectivity index (χ0) is 5.82. The highest BCUT2D eigenvalue weighted by Gasteiger charge is 2.19. The average molecular weight is 178 g/mol. The minimum absolute atomic E-state index is 1.02. The van der Waals surface area contributed by atoms with Crippen LogP contribution in [-0.2, 0) is 0 Å². The Labute approximate surface area is 59.0 Å². The zero-order valence-corrected chi connectivity index (χ0v) is 6.58. The molecule has 2 heteroatoms. The summed E-state index contributed by atoms with van der Waals surface area (Å²) in [6, 6.07) is 0. The van der Waals surface area contributed by atoms with Crippen LogP contribution in [0.5, 0.6) is 0 Å². The van der Waals surface area contributed by atoms with Crippen molar-refractivity contribution >= 4 is 15.9 Å². The van der Waals surface area contributed by atoms with E-state index >= 15 is 0 Å². The molecule has 1 fully saturated rings. The SMILES string of the molecule is BrCCNCC1CC1. The predicted octanol–water partition coefficient (Wildman–Crippen LogP) is 1.38. The normalized spacial score (nSPS) is 19.1. The molecule has 0 amide bonds. The molecule has 48 valence electrons. The first-order valence-electron chi connectivity index (χ1n) is 3.20. The van der Waals surface area contributed by atoms with Gasteiger partial charge >= 0.3 is 0 Å². The maximum atomic E-state index is 3.36. The molecular weight excluding hydrogens is 166 g/mol. The van der Waals surface area contributed by atoms with Crippen molar-refractivity contribution in [2.75, 3.05) is 18.4 Å². The Hall–Kier alpha value is 0.440. The molecule has 0 saturated heterocycles. The summed E-state index contributed by atoms with van der Waals surface area (Å²) in [4.78, 5) is 0. The molecule has 0 aliphatic heterocycles. The second kappa shape index (κ2) is 3.46. The summed E-state index contributed by atoms with van der Waals surface area (Å²) in [5, 5.41) is 4.43. The fourth-order valence-corrected chi connectivity index (χ4v) is 0.975. The van der Waals surface area contributed by atoms with E-state index in [0.717, 1.165) is 17.8 Å². The first kappa shape index (κ1) is 6.56. The third-order valence-corrected chi connectivity index (χ3v) is 1.80. The molecule has 0 aromatic carbocycles. The molecule has 1 nitrogen and oxygen atoms in total. The number of hydrogen-bond acceptors (Lipinski definition) is 1. The zero-order valence-electron chi connectivity index (χ0n) is 4.99. The van der Waals surface area contributed by atoms with Crippen LogP contribution in [0, 0.1) is 5.92 Å². The van der Waals surface area contributed by atoms with Gasteiger partial charge in [-0.15, -0.1) is 0 Å². The van der Waals surface area contributed by atoms with Crippen molar-refractivity contribution < 1.29 is 0 Å². The van der Waals surface area contributed by atoms with Crippen LogP contribution in [0.3, 0.4) is 0 Å². The van der Waals surface area contributed by atoms with Gasteiger partial charge in [0.2, 0.25) is 0 Å². The molecule has 0 radical (unpaired) electrons. The molecule has 1 saturated carbocycles. The van der Waals surface area contributed by atoms with E-state index < -0.39 is 0 Å². The van der Waals surface area contributed by atoms with E-state index in [-0.39, 0.29) is 0 Å². The van der Waals surface area contributed by atoms with Crippen molar-refractivity contribution in [1.82, 2.24) is 5.32 Å². The van der Waals surface area contributed by atoms with E-state index in [0.29, 0.717) is 0 Å². The molecule has 0 atom stereocenters. The van der Waals surface area contributed by atoms with Crippen LogP contribution < -0.4 is 5.32 Å². The molecule has 0 heterocycles. The smallest absolute Gasteiger partial charge is 0.0157 e. The number of halogens is 1. The van der Waals surface area contributed by atoms with Crippen molar-refractivity contribution in [1.29, 1.82) is 0 Å². The van der Waals surface area contributed by atoms with Gasteiger partial charge in [0.15, 0.2) is 0 Å². The Morgan fingerprint density at radius 1 is 1.50 bits per heavy atom. The van der Waals surface area contributed by atoms with Crippen molar-refractivity contribution in [2.24, 2.45) is 5.92 Å². The monoisotopic (exact) mass is 177 g/mol. The molecule has 0 aromatic heterocycles. The van der Waals surface area contributed by atoms with Crippen LogP contribution in [0.25, 0.3) is 0 Å². The molecular formula is C6H12BrN. The van der Waals surface area contributed by atoms with Crippen LogP contribution in [0.4, 0.5) is 0 Å². The molecule has 1 aliphatic rings. The van der Waals surface area contributed by atoms with Crippen LogP contribution in [0.15, 0.2) is 0 Å². The van der Waals surface area contributed by atoms with E-state index in [1.165, 1.54) is 19.4 Å². The van der Waals surface area contributed by atoms with E-state index in [9.17, 15) is 0 Å². The summed E-state index contributed by atoms with van der Waals surface area (Å²) in [6.45, 7) is 2.36. The number of alkyl halides is 1. The second-order valence-electron chi connectivity index (χ2n) is 2.34. The third-order valence-electron chi connectivity index (χ3n) is 1.40.